The van der Waals surface area contributed by atoms with Crippen molar-refractivity contribution in [3.63, 3.8) is 0 Å². The van der Waals surface area contributed by atoms with Crippen LogP contribution < -0.4 is 0 Å². The van der Waals surface area contributed by atoms with Crippen molar-refractivity contribution in [2.24, 2.45) is 52.3 Å². The Hall–Kier alpha value is -1.68. The molecule has 0 spiro atoms. The monoisotopic (exact) mass is 522 g/mol. The summed E-state index contributed by atoms with van der Waals surface area (Å²) in [5.74, 6) is 3.57. The third-order valence-electron chi connectivity index (χ3n) is 12.2. The van der Waals surface area contributed by atoms with Gasteiger partial charge in [0.05, 0.1) is 11.7 Å². The summed E-state index contributed by atoms with van der Waals surface area (Å²) in [7, 11) is 0. The van der Waals surface area contributed by atoms with E-state index < -0.39 is 0 Å². The first-order valence-electron chi connectivity index (χ1n) is 15.5. The lowest BCUT2D eigenvalue weighted by Crippen LogP contribution is -2.58. The quantitative estimate of drug-likeness (QED) is 0.377. The molecule has 5 rings (SSSR count). The molecule has 0 aromatic heterocycles. The van der Waals surface area contributed by atoms with Gasteiger partial charge in [0.25, 0.3) is 0 Å². The van der Waals surface area contributed by atoms with Crippen LogP contribution in [0.5, 0.6) is 0 Å². The zero-order chi connectivity index (χ0) is 27.2. The number of esters is 1. The highest BCUT2D eigenvalue weighted by Crippen LogP contribution is 2.68. The molecular formula is C34H50O4. The molecular weight excluding hydrogens is 472 g/mol. The molecule has 0 radical (unpaired) electrons. The van der Waals surface area contributed by atoms with Gasteiger partial charge in [0.1, 0.15) is 11.9 Å². The van der Waals surface area contributed by atoms with Crippen LogP contribution in [-0.4, -0.2) is 29.1 Å². The third-order valence-corrected chi connectivity index (χ3v) is 12.2. The molecule has 4 saturated carbocycles. The van der Waals surface area contributed by atoms with E-state index in [0.717, 1.165) is 32.1 Å². The van der Waals surface area contributed by atoms with Crippen LogP contribution in [0.25, 0.3) is 0 Å². The SMILES string of the molecule is CC(C)[C@@H](CC[C@@H](C)[C@H]1CCC2C3C(CC[C@@]21C)[C@@]1(C)CCC(=O)CC1C[C@H]3O)OC(=O)c1ccccc1. The van der Waals surface area contributed by atoms with E-state index in [-0.39, 0.29) is 34.9 Å². The number of carbonyl (C=O) groups is 2. The van der Waals surface area contributed by atoms with Gasteiger partial charge in [-0.15, -0.1) is 0 Å². The van der Waals surface area contributed by atoms with Gasteiger partial charge in [0, 0.05) is 12.8 Å². The molecule has 0 bridgehead atoms. The number of aliphatic hydroxyl groups is 1. The van der Waals surface area contributed by atoms with E-state index in [2.05, 4.69) is 34.6 Å². The Labute approximate surface area is 230 Å². The van der Waals surface area contributed by atoms with Gasteiger partial charge >= 0.3 is 5.97 Å². The molecule has 1 aromatic carbocycles. The van der Waals surface area contributed by atoms with Gasteiger partial charge in [-0.05, 0) is 116 Å². The van der Waals surface area contributed by atoms with E-state index in [1.54, 1.807) is 0 Å². The summed E-state index contributed by atoms with van der Waals surface area (Å²) in [5.41, 5.74) is 1.11. The summed E-state index contributed by atoms with van der Waals surface area (Å²) in [6, 6.07) is 9.33. The fourth-order valence-electron chi connectivity index (χ4n) is 9.92. The molecule has 4 unspecified atom stereocenters. The molecule has 0 saturated heterocycles. The summed E-state index contributed by atoms with van der Waals surface area (Å²) in [4.78, 5) is 25.0. The van der Waals surface area contributed by atoms with Crippen molar-refractivity contribution >= 4 is 11.8 Å². The number of rotatable bonds is 7. The Morgan fingerprint density at radius 1 is 1.00 bits per heavy atom. The number of Topliss-reactive ketones (excluding diaryl/α,β-unsaturated/α-hetero) is 1. The van der Waals surface area contributed by atoms with Gasteiger partial charge in [0.2, 0.25) is 0 Å². The van der Waals surface area contributed by atoms with E-state index in [1.807, 2.05) is 30.3 Å². The summed E-state index contributed by atoms with van der Waals surface area (Å²) in [6.07, 6.45) is 9.80. The van der Waals surface area contributed by atoms with Crippen molar-refractivity contribution in [3.05, 3.63) is 35.9 Å². The lowest BCUT2D eigenvalue weighted by atomic mass is 9.44. The van der Waals surface area contributed by atoms with E-state index >= 15 is 0 Å². The number of fused-ring (bicyclic) bond motifs is 5. The fraction of sp³-hybridized carbons (Fsp3) is 0.765. The zero-order valence-corrected chi connectivity index (χ0v) is 24.3. The van der Waals surface area contributed by atoms with E-state index in [4.69, 9.17) is 4.74 Å². The average molecular weight is 523 g/mol. The van der Waals surface area contributed by atoms with Crippen molar-refractivity contribution in [1.82, 2.24) is 0 Å². The number of hydrogen-bond acceptors (Lipinski definition) is 4. The second-order valence-electron chi connectivity index (χ2n) is 14.4. The van der Waals surface area contributed by atoms with Crippen molar-refractivity contribution in [2.45, 2.75) is 111 Å². The largest absolute Gasteiger partial charge is 0.459 e. The summed E-state index contributed by atoms with van der Waals surface area (Å²) < 4.78 is 6.00. The molecule has 1 N–H and O–H groups in total. The summed E-state index contributed by atoms with van der Waals surface area (Å²) in [5, 5.41) is 11.5. The van der Waals surface area contributed by atoms with Gasteiger partial charge in [-0.2, -0.15) is 0 Å². The number of ether oxygens (including phenoxy) is 1. The van der Waals surface area contributed by atoms with Crippen LogP contribution in [0, 0.1) is 52.3 Å². The Morgan fingerprint density at radius 2 is 1.71 bits per heavy atom. The van der Waals surface area contributed by atoms with Crippen LogP contribution in [0.3, 0.4) is 0 Å². The van der Waals surface area contributed by atoms with Crippen LogP contribution in [0.4, 0.5) is 0 Å². The summed E-state index contributed by atoms with van der Waals surface area (Å²) in [6.45, 7) is 11.7. The van der Waals surface area contributed by atoms with Gasteiger partial charge in [0.15, 0.2) is 0 Å². The topological polar surface area (TPSA) is 63.6 Å². The first kappa shape index (κ1) is 27.9. The predicted octanol–water partition coefficient (Wildman–Crippen LogP) is 7.48. The average Bonchev–Trinajstić information content (AvgIpc) is 3.24. The minimum absolute atomic E-state index is 0.0723. The molecule has 4 fully saturated rings. The Balaban J connectivity index is 1.25. The fourth-order valence-corrected chi connectivity index (χ4v) is 9.92. The Morgan fingerprint density at radius 3 is 2.42 bits per heavy atom. The highest BCUT2D eigenvalue weighted by Gasteiger charge is 2.62. The Bertz CT molecular complexity index is 1000. The lowest BCUT2D eigenvalue weighted by molar-refractivity contribution is -0.169. The smallest absolute Gasteiger partial charge is 0.338 e. The lowest BCUT2D eigenvalue weighted by Gasteiger charge is -2.62. The second kappa shape index (κ2) is 10.7. The number of ketones is 1. The Kier molecular flexibility index (Phi) is 7.86. The van der Waals surface area contributed by atoms with Crippen molar-refractivity contribution < 1.29 is 19.4 Å². The molecule has 38 heavy (non-hydrogen) atoms. The van der Waals surface area contributed by atoms with Crippen LogP contribution in [0.2, 0.25) is 0 Å². The van der Waals surface area contributed by atoms with Crippen molar-refractivity contribution in [1.29, 1.82) is 0 Å². The maximum atomic E-state index is 12.7. The molecule has 0 heterocycles. The minimum Gasteiger partial charge on any atom is -0.459 e. The number of hydrogen-bond donors (Lipinski definition) is 1. The number of carbonyl (C=O) groups excluding carboxylic acids is 2. The maximum Gasteiger partial charge on any atom is 0.338 e. The predicted molar refractivity (Wildman–Crippen MR) is 150 cm³/mol. The highest BCUT2D eigenvalue weighted by molar-refractivity contribution is 5.89. The molecule has 0 aliphatic heterocycles. The van der Waals surface area contributed by atoms with Gasteiger partial charge in [-0.1, -0.05) is 52.8 Å². The van der Waals surface area contributed by atoms with Crippen LogP contribution >= 0.6 is 0 Å². The van der Waals surface area contributed by atoms with E-state index in [9.17, 15) is 14.7 Å². The van der Waals surface area contributed by atoms with Crippen molar-refractivity contribution in [3.8, 4) is 0 Å². The van der Waals surface area contributed by atoms with Gasteiger partial charge < -0.3 is 9.84 Å². The standard InChI is InChI=1S/C34H50O4/c1-21(2)30(38-32(37)23-9-7-6-8-10-23)14-11-22(3)26-12-13-27-31-28(16-18-34(26,27)5)33(4)17-15-25(35)19-24(33)20-29(31)36/h6-10,21-22,24,26-31,36H,11-20H2,1-5H3/t22-,24?,26-,27?,28?,29-,30-,31?,33+,34-/m1/s1. The second-order valence-corrected chi connectivity index (χ2v) is 14.4. The molecule has 4 heteroatoms. The third kappa shape index (κ3) is 4.88. The summed E-state index contributed by atoms with van der Waals surface area (Å²) >= 11 is 0. The van der Waals surface area contributed by atoms with Gasteiger partial charge in [-0.25, -0.2) is 4.79 Å². The molecule has 0 amide bonds. The van der Waals surface area contributed by atoms with E-state index in [0.29, 0.717) is 53.3 Å². The van der Waals surface area contributed by atoms with Crippen molar-refractivity contribution in [2.75, 3.05) is 0 Å². The normalized spacial score (nSPS) is 40.1. The molecule has 4 nitrogen and oxygen atoms in total. The van der Waals surface area contributed by atoms with Gasteiger partial charge in [-0.3, -0.25) is 4.79 Å². The van der Waals surface area contributed by atoms with Crippen LogP contribution in [0.1, 0.15) is 109 Å². The molecule has 1 aromatic rings. The minimum atomic E-state index is -0.259. The number of benzene rings is 1. The molecule has 4 aliphatic carbocycles. The molecule has 4 aliphatic rings. The zero-order valence-electron chi connectivity index (χ0n) is 24.3. The highest BCUT2D eigenvalue weighted by atomic mass is 16.5. The molecule has 210 valence electrons. The molecule has 10 atom stereocenters. The first-order chi connectivity index (χ1) is 18.0. The number of aliphatic hydroxyl groups excluding tert-OH is 1. The van der Waals surface area contributed by atoms with E-state index in [1.165, 1.54) is 25.7 Å². The van der Waals surface area contributed by atoms with Crippen LogP contribution in [0.15, 0.2) is 30.3 Å². The van der Waals surface area contributed by atoms with Crippen LogP contribution in [-0.2, 0) is 9.53 Å². The first-order valence-corrected chi connectivity index (χ1v) is 15.5. The maximum absolute atomic E-state index is 12.7.